The molecule has 1 fully saturated rings. The first kappa shape index (κ1) is 12.1. The van der Waals surface area contributed by atoms with E-state index in [1.807, 2.05) is 12.1 Å². The predicted molar refractivity (Wildman–Crippen MR) is 66.6 cm³/mol. The molecule has 0 amide bonds. The zero-order valence-electron chi connectivity index (χ0n) is 9.83. The fraction of sp³-hybridized carbons (Fsp3) is 0.538. The van der Waals surface area contributed by atoms with Gasteiger partial charge in [-0.05, 0) is 43.0 Å². The van der Waals surface area contributed by atoms with Gasteiger partial charge in [0.05, 0.1) is 0 Å². The molecule has 0 aromatic heterocycles. The second kappa shape index (κ2) is 5.34. The van der Waals surface area contributed by atoms with Crippen LogP contribution >= 0.6 is 0 Å². The van der Waals surface area contributed by atoms with Gasteiger partial charge < -0.3 is 10.6 Å². The van der Waals surface area contributed by atoms with Crippen molar-refractivity contribution >= 4 is 11.4 Å². The first-order valence-corrected chi connectivity index (χ1v) is 6.08. The summed E-state index contributed by atoms with van der Waals surface area (Å²) in [6, 6.07) is 5.48. The van der Waals surface area contributed by atoms with Crippen LogP contribution in [0, 0.1) is 0 Å². The van der Waals surface area contributed by atoms with Crippen molar-refractivity contribution in [3.8, 4) is 0 Å². The van der Waals surface area contributed by atoms with Crippen molar-refractivity contribution in [2.75, 3.05) is 23.7 Å². The molecule has 0 radical (unpaired) electrons. The zero-order valence-corrected chi connectivity index (χ0v) is 9.83. The van der Waals surface area contributed by atoms with Crippen LogP contribution in [-0.2, 0) is 6.42 Å². The number of rotatable bonds is 3. The molecule has 4 heteroatoms. The van der Waals surface area contributed by atoms with Crippen LogP contribution in [0.4, 0.5) is 20.2 Å². The summed E-state index contributed by atoms with van der Waals surface area (Å²) in [5, 5.41) is 0. The Bertz CT molecular complexity index is 374. The Hall–Kier alpha value is -1.32. The third-order valence-corrected chi connectivity index (χ3v) is 3.22. The summed E-state index contributed by atoms with van der Waals surface area (Å²) in [5.41, 5.74) is 7.76. The van der Waals surface area contributed by atoms with Crippen LogP contribution in [0.1, 0.15) is 24.8 Å². The van der Waals surface area contributed by atoms with Crippen molar-refractivity contribution in [1.29, 1.82) is 0 Å². The van der Waals surface area contributed by atoms with E-state index in [0.29, 0.717) is 11.3 Å². The van der Waals surface area contributed by atoms with Crippen molar-refractivity contribution in [1.82, 2.24) is 0 Å². The van der Waals surface area contributed by atoms with Crippen molar-refractivity contribution in [3.05, 3.63) is 23.8 Å². The highest BCUT2D eigenvalue weighted by molar-refractivity contribution is 5.58. The van der Waals surface area contributed by atoms with E-state index in [4.69, 9.17) is 5.73 Å². The molecule has 0 unspecified atom stereocenters. The van der Waals surface area contributed by atoms with Crippen molar-refractivity contribution in [2.24, 2.45) is 0 Å². The topological polar surface area (TPSA) is 29.3 Å². The number of nitrogens with zero attached hydrogens (tertiary/aromatic N) is 1. The van der Waals surface area contributed by atoms with Gasteiger partial charge in [0.15, 0.2) is 0 Å². The van der Waals surface area contributed by atoms with E-state index in [0.717, 1.165) is 18.8 Å². The summed E-state index contributed by atoms with van der Waals surface area (Å²) in [7, 11) is 0. The third kappa shape index (κ3) is 3.08. The van der Waals surface area contributed by atoms with Gasteiger partial charge in [-0.3, -0.25) is 0 Å². The summed E-state index contributed by atoms with van der Waals surface area (Å²) < 4.78 is 24.8. The standard InChI is InChI=1S/C13H18F2N2/c14-13(15)9-10-8-11(4-5-12(10)16)17-6-2-1-3-7-17/h4-5,8,13H,1-3,6-7,9,16H2. The molecule has 1 aliphatic rings. The number of hydrogen-bond acceptors (Lipinski definition) is 2. The van der Waals surface area contributed by atoms with Gasteiger partial charge in [-0.1, -0.05) is 0 Å². The molecule has 2 nitrogen and oxygen atoms in total. The summed E-state index contributed by atoms with van der Waals surface area (Å²) >= 11 is 0. The average Bonchev–Trinajstić information content (AvgIpc) is 2.32. The number of benzene rings is 1. The maximum Gasteiger partial charge on any atom is 0.242 e. The summed E-state index contributed by atoms with van der Waals surface area (Å²) in [6.45, 7) is 2.02. The predicted octanol–water partition coefficient (Wildman–Crippen LogP) is 3.07. The molecule has 1 aromatic rings. The molecule has 0 saturated carbocycles. The Morgan fingerprint density at radius 2 is 1.88 bits per heavy atom. The van der Waals surface area contributed by atoms with Gasteiger partial charge in [0.1, 0.15) is 0 Å². The fourth-order valence-electron chi connectivity index (χ4n) is 2.28. The molecule has 2 rings (SSSR count). The zero-order chi connectivity index (χ0) is 12.3. The lowest BCUT2D eigenvalue weighted by molar-refractivity contribution is 0.149. The Labute approximate surface area is 100 Å². The van der Waals surface area contributed by atoms with E-state index in [-0.39, 0.29) is 6.42 Å². The second-order valence-corrected chi connectivity index (χ2v) is 4.53. The van der Waals surface area contributed by atoms with E-state index in [1.165, 1.54) is 19.3 Å². The van der Waals surface area contributed by atoms with Crippen molar-refractivity contribution in [3.63, 3.8) is 0 Å². The smallest absolute Gasteiger partial charge is 0.242 e. The van der Waals surface area contributed by atoms with Gasteiger partial charge in [-0.2, -0.15) is 0 Å². The lowest BCUT2D eigenvalue weighted by atomic mass is 10.1. The highest BCUT2D eigenvalue weighted by Gasteiger charge is 2.14. The van der Waals surface area contributed by atoms with E-state index in [9.17, 15) is 8.78 Å². The number of nitrogen functional groups attached to an aromatic ring is 1. The van der Waals surface area contributed by atoms with Crippen molar-refractivity contribution in [2.45, 2.75) is 32.1 Å². The first-order valence-electron chi connectivity index (χ1n) is 6.08. The molecule has 0 atom stereocenters. The molecule has 1 aromatic carbocycles. The van der Waals surface area contributed by atoms with Gasteiger partial charge >= 0.3 is 0 Å². The highest BCUT2D eigenvalue weighted by atomic mass is 19.3. The van der Waals surface area contributed by atoms with E-state index >= 15 is 0 Å². The Morgan fingerprint density at radius 3 is 2.53 bits per heavy atom. The van der Waals surface area contributed by atoms with E-state index < -0.39 is 6.43 Å². The van der Waals surface area contributed by atoms with Gasteiger partial charge in [0.25, 0.3) is 0 Å². The molecule has 2 N–H and O–H groups in total. The maximum absolute atomic E-state index is 12.4. The summed E-state index contributed by atoms with van der Waals surface area (Å²) in [5.74, 6) is 0. The molecule has 1 aliphatic heterocycles. The molecule has 1 heterocycles. The lowest BCUT2D eigenvalue weighted by Crippen LogP contribution is -2.29. The van der Waals surface area contributed by atoms with Crippen molar-refractivity contribution < 1.29 is 8.78 Å². The van der Waals surface area contributed by atoms with Crippen LogP contribution in [0.2, 0.25) is 0 Å². The molecule has 1 saturated heterocycles. The van der Waals surface area contributed by atoms with Crippen LogP contribution in [-0.4, -0.2) is 19.5 Å². The van der Waals surface area contributed by atoms with Gasteiger partial charge in [-0.25, -0.2) is 8.78 Å². The Morgan fingerprint density at radius 1 is 1.18 bits per heavy atom. The van der Waals surface area contributed by atoms with Crippen LogP contribution in [0.3, 0.4) is 0 Å². The molecule has 0 aliphatic carbocycles. The SMILES string of the molecule is Nc1ccc(N2CCCCC2)cc1CC(F)F. The molecular weight excluding hydrogens is 222 g/mol. The van der Waals surface area contributed by atoms with Crippen LogP contribution in [0.15, 0.2) is 18.2 Å². The molecule has 94 valence electrons. The van der Waals surface area contributed by atoms with Gasteiger partial charge in [0.2, 0.25) is 6.43 Å². The second-order valence-electron chi connectivity index (χ2n) is 4.53. The Kier molecular flexibility index (Phi) is 3.82. The third-order valence-electron chi connectivity index (χ3n) is 3.22. The number of hydrogen-bond donors (Lipinski definition) is 1. The number of nitrogens with two attached hydrogens (primary N) is 1. The van der Waals surface area contributed by atoms with Crippen LogP contribution in [0.25, 0.3) is 0 Å². The number of halogens is 2. The monoisotopic (exact) mass is 240 g/mol. The largest absolute Gasteiger partial charge is 0.399 e. The molecule has 17 heavy (non-hydrogen) atoms. The summed E-state index contributed by atoms with van der Waals surface area (Å²) in [4.78, 5) is 2.25. The number of anilines is 2. The summed E-state index contributed by atoms with van der Waals surface area (Å²) in [6.07, 6.45) is 1.01. The van der Waals surface area contributed by atoms with Crippen LogP contribution < -0.4 is 10.6 Å². The minimum Gasteiger partial charge on any atom is -0.399 e. The molecule has 0 spiro atoms. The first-order chi connectivity index (χ1) is 8.16. The quantitative estimate of drug-likeness (QED) is 0.823. The molecular formula is C13H18F2N2. The average molecular weight is 240 g/mol. The minimum absolute atomic E-state index is 0.256. The van der Waals surface area contributed by atoms with Gasteiger partial charge in [0, 0.05) is 30.9 Å². The Balaban J connectivity index is 2.17. The molecule has 0 bridgehead atoms. The lowest BCUT2D eigenvalue weighted by Gasteiger charge is -2.29. The van der Waals surface area contributed by atoms with E-state index in [1.54, 1.807) is 6.07 Å². The van der Waals surface area contributed by atoms with E-state index in [2.05, 4.69) is 4.90 Å². The highest BCUT2D eigenvalue weighted by Crippen LogP contribution is 2.25. The maximum atomic E-state index is 12.4. The van der Waals surface area contributed by atoms with Crippen LogP contribution in [0.5, 0.6) is 0 Å². The normalized spacial score (nSPS) is 16.5. The minimum atomic E-state index is -2.34. The number of alkyl halides is 2. The van der Waals surface area contributed by atoms with Gasteiger partial charge in [-0.15, -0.1) is 0 Å². The number of piperidine rings is 1. The fourth-order valence-corrected chi connectivity index (χ4v) is 2.28.